The van der Waals surface area contributed by atoms with Crippen molar-refractivity contribution < 1.29 is 4.79 Å². The van der Waals surface area contributed by atoms with E-state index in [1.54, 1.807) is 6.20 Å². The molecule has 1 aliphatic rings. The van der Waals surface area contributed by atoms with E-state index in [0.717, 1.165) is 47.1 Å². The van der Waals surface area contributed by atoms with Crippen LogP contribution in [0.1, 0.15) is 41.5 Å². The minimum Gasteiger partial charge on any atom is -0.334 e. The largest absolute Gasteiger partial charge is 0.334 e. The number of benzene rings is 1. The molecule has 2 aromatic heterocycles. The van der Waals surface area contributed by atoms with Crippen LogP contribution in [0.15, 0.2) is 66.9 Å². The Morgan fingerprint density at radius 1 is 1.04 bits per heavy atom. The fraction of sp³-hybridized carbons (Fsp3) is 0.261. The minimum absolute atomic E-state index is 0.0300. The van der Waals surface area contributed by atoms with Crippen molar-refractivity contribution in [2.45, 2.75) is 31.7 Å². The maximum Gasteiger partial charge on any atom is 0.229 e. The number of pyridine rings is 2. The van der Waals surface area contributed by atoms with E-state index < -0.39 is 0 Å². The Bertz CT molecular complexity index is 961. The Morgan fingerprint density at radius 2 is 1.86 bits per heavy atom. The number of hydrogen-bond acceptors (Lipinski definition) is 3. The predicted octanol–water partition coefficient (Wildman–Crippen LogP) is 4.63. The van der Waals surface area contributed by atoms with Crippen molar-refractivity contribution in [3.63, 3.8) is 0 Å². The molecular formula is C23H22ClN3O. The number of nitrogens with zero attached hydrogens (tertiary/aromatic N) is 3. The van der Waals surface area contributed by atoms with Gasteiger partial charge in [0.15, 0.2) is 0 Å². The highest BCUT2D eigenvalue weighted by Gasteiger charge is 2.31. The summed E-state index contributed by atoms with van der Waals surface area (Å²) in [6.07, 6.45) is 4.67. The number of carbonyl (C=O) groups is 1. The number of carbonyl (C=O) groups excluding carboxylic acids is 1. The highest BCUT2D eigenvalue weighted by Crippen LogP contribution is 2.31. The standard InChI is InChI=1S/C23H22ClN3O/c24-20-10-2-1-7-17(20)15-19-9-5-11-21(26-19)22-12-6-14-27(22)23(28)16-18-8-3-4-13-25-18/h1-5,7-11,13,22H,6,12,14-16H2/t22-/m0/s1. The van der Waals surface area contributed by atoms with E-state index in [2.05, 4.69) is 4.98 Å². The van der Waals surface area contributed by atoms with Crippen LogP contribution in [-0.2, 0) is 17.6 Å². The summed E-state index contributed by atoms with van der Waals surface area (Å²) in [6.45, 7) is 0.771. The van der Waals surface area contributed by atoms with Gasteiger partial charge in [-0.3, -0.25) is 14.8 Å². The fourth-order valence-electron chi connectivity index (χ4n) is 3.75. The molecule has 1 amide bonds. The summed E-state index contributed by atoms with van der Waals surface area (Å²) in [4.78, 5) is 24.0. The van der Waals surface area contributed by atoms with Crippen LogP contribution in [0.5, 0.6) is 0 Å². The summed E-state index contributed by atoms with van der Waals surface area (Å²) < 4.78 is 0. The topological polar surface area (TPSA) is 46.1 Å². The molecule has 0 aliphatic carbocycles. The second kappa shape index (κ2) is 8.53. The molecule has 142 valence electrons. The van der Waals surface area contributed by atoms with E-state index in [0.29, 0.717) is 12.8 Å². The maximum absolute atomic E-state index is 12.9. The summed E-state index contributed by atoms with van der Waals surface area (Å²) in [5.41, 5.74) is 3.79. The molecule has 0 N–H and O–H groups in total. The van der Waals surface area contributed by atoms with Gasteiger partial charge in [0.05, 0.1) is 18.2 Å². The smallest absolute Gasteiger partial charge is 0.229 e. The lowest BCUT2D eigenvalue weighted by molar-refractivity contribution is -0.131. The van der Waals surface area contributed by atoms with Gasteiger partial charge in [-0.25, -0.2) is 0 Å². The van der Waals surface area contributed by atoms with Crippen molar-refractivity contribution in [3.8, 4) is 0 Å². The molecule has 3 aromatic rings. The Balaban J connectivity index is 1.51. The fourth-order valence-corrected chi connectivity index (χ4v) is 3.95. The zero-order valence-electron chi connectivity index (χ0n) is 15.6. The Hall–Kier alpha value is -2.72. The highest BCUT2D eigenvalue weighted by atomic mass is 35.5. The first kappa shape index (κ1) is 18.6. The molecule has 0 spiro atoms. The average molecular weight is 392 g/mol. The first-order valence-corrected chi connectivity index (χ1v) is 9.97. The molecule has 0 unspecified atom stereocenters. The summed E-state index contributed by atoms with van der Waals surface area (Å²) in [5.74, 6) is 0.111. The van der Waals surface area contributed by atoms with E-state index in [4.69, 9.17) is 16.6 Å². The first-order chi connectivity index (χ1) is 13.7. The van der Waals surface area contributed by atoms with Crippen LogP contribution in [-0.4, -0.2) is 27.3 Å². The number of likely N-dealkylation sites (tertiary alicyclic amines) is 1. The molecule has 5 heteroatoms. The van der Waals surface area contributed by atoms with Gasteiger partial charge >= 0.3 is 0 Å². The van der Waals surface area contributed by atoms with Gasteiger partial charge in [-0.2, -0.15) is 0 Å². The van der Waals surface area contributed by atoms with Gasteiger partial charge < -0.3 is 4.90 Å². The van der Waals surface area contributed by atoms with Crippen LogP contribution in [0, 0.1) is 0 Å². The van der Waals surface area contributed by atoms with Crippen LogP contribution in [0.25, 0.3) is 0 Å². The zero-order chi connectivity index (χ0) is 19.3. The lowest BCUT2D eigenvalue weighted by atomic mass is 10.1. The minimum atomic E-state index is 0.0300. The molecule has 1 aliphatic heterocycles. The highest BCUT2D eigenvalue weighted by molar-refractivity contribution is 6.31. The third-order valence-corrected chi connectivity index (χ3v) is 5.50. The van der Waals surface area contributed by atoms with Crippen molar-refractivity contribution >= 4 is 17.5 Å². The summed E-state index contributed by atoms with van der Waals surface area (Å²) in [7, 11) is 0. The van der Waals surface area contributed by atoms with Gasteiger partial charge in [0, 0.05) is 35.6 Å². The zero-order valence-corrected chi connectivity index (χ0v) is 16.3. The molecule has 0 radical (unpaired) electrons. The monoisotopic (exact) mass is 391 g/mol. The van der Waals surface area contributed by atoms with Gasteiger partial charge in [0.2, 0.25) is 5.91 Å². The number of amides is 1. The van der Waals surface area contributed by atoms with Gasteiger partial charge in [-0.15, -0.1) is 0 Å². The van der Waals surface area contributed by atoms with E-state index in [1.807, 2.05) is 65.6 Å². The number of halogens is 1. The third kappa shape index (κ3) is 4.23. The first-order valence-electron chi connectivity index (χ1n) is 9.59. The molecule has 4 rings (SSSR count). The maximum atomic E-state index is 12.9. The molecule has 1 saturated heterocycles. The molecule has 1 atom stereocenters. The number of rotatable bonds is 5. The third-order valence-electron chi connectivity index (χ3n) is 5.13. The van der Waals surface area contributed by atoms with Crippen LogP contribution < -0.4 is 0 Å². The Morgan fingerprint density at radius 3 is 2.68 bits per heavy atom. The SMILES string of the molecule is O=C(Cc1ccccn1)N1CCC[C@H]1c1cccc(Cc2ccccc2Cl)n1. The number of hydrogen-bond donors (Lipinski definition) is 0. The molecule has 0 saturated carbocycles. The summed E-state index contributed by atoms with van der Waals surface area (Å²) in [6, 6.07) is 19.6. The van der Waals surface area contributed by atoms with Crippen LogP contribution in [0.2, 0.25) is 5.02 Å². The summed E-state index contributed by atoms with van der Waals surface area (Å²) in [5, 5.41) is 0.753. The Kier molecular flexibility index (Phi) is 5.68. The number of aromatic nitrogens is 2. The normalized spacial score (nSPS) is 16.3. The van der Waals surface area contributed by atoms with E-state index in [-0.39, 0.29) is 11.9 Å². The molecule has 28 heavy (non-hydrogen) atoms. The van der Waals surface area contributed by atoms with Crippen molar-refractivity contribution in [1.29, 1.82) is 0 Å². The van der Waals surface area contributed by atoms with Crippen LogP contribution in [0.3, 0.4) is 0 Å². The molecule has 3 heterocycles. The lowest BCUT2D eigenvalue weighted by Crippen LogP contribution is -2.32. The molecule has 1 fully saturated rings. The molecule has 4 nitrogen and oxygen atoms in total. The van der Waals surface area contributed by atoms with Crippen LogP contribution >= 0.6 is 11.6 Å². The second-order valence-corrected chi connectivity index (χ2v) is 7.47. The van der Waals surface area contributed by atoms with Gasteiger partial charge in [-0.05, 0) is 48.7 Å². The van der Waals surface area contributed by atoms with E-state index >= 15 is 0 Å². The predicted molar refractivity (Wildman–Crippen MR) is 110 cm³/mol. The van der Waals surface area contributed by atoms with Gasteiger partial charge in [-0.1, -0.05) is 41.9 Å². The quantitative estimate of drug-likeness (QED) is 0.637. The van der Waals surface area contributed by atoms with E-state index in [1.165, 1.54) is 0 Å². The van der Waals surface area contributed by atoms with Crippen molar-refractivity contribution in [2.75, 3.05) is 6.54 Å². The van der Waals surface area contributed by atoms with Gasteiger partial charge in [0.1, 0.15) is 0 Å². The van der Waals surface area contributed by atoms with Crippen molar-refractivity contribution in [2.24, 2.45) is 0 Å². The van der Waals surface area contributed by atoms with E-state index in [9.17, 15) is 4.79 Å². The second-order valence-electron chi connectivity index (χ2n) is 7.06. The summed E-state index contributed by atoms with van der Waals surface area (Å²) >= 11 is 6.30. The van der Waals surface area contributed by atoms with Crippen LogP contribution in [0.4, 0.5) is 0 Å². The van der Waals surface area contributed by atoms with Gasteiger partial charge in [0.25, 0.3) is 0 Å². The molecule has 1 aromatic carbocycles. The molecular weight excluding hydrogens is 370 g/mol. The Labute approximate surface area is 170 Å². The average Bonchev–Trinajstić information content (AvgIpc) is 3.21. The van der Waals surface area contributed by atoms with Crippen molar-refractivity contribution in [3.05, 3.63) is 94.5 Å². The molecule has 0 bridgehead atoms. The van der Waals surface area contributed by atoms with Crippen molar-refractivity contribution in [1.82, 2.24) is 14.9 Å². The lowest BCUT2D eigenvalue weighted by Gasteiger charge is -2.24.